The fraction of sp³-hybridized carbons (Fsp3) is 0.818. The SMILES string of the molecule is CC(C)=CCN1CCC(Cl)C1(C)C. The first-order valence-corrected chi connectivity index (χ1v) is 5.40. The predicted molar refractivity (Wildman–Crippen MR) is 59.3 cm³/mol. The molecular weight excluding hydrogens is 182 g/mol. The molecule has 0 bridgehead atoms. The number of allylic oxidation sites excluding steroid dienone is 1. The maximum Gasteiger partial charge on any atom is 0.0526 e. The molecule has 2 heteroatoms. The molecule has 76 valence electrons. The van der Waals surface area contributed by atoms with Gasteiger partial charge in [0.15, 0.2) is 0 Å². The molecule has 0 spiro atoms. The summed E-state index contributed by atoms with van der Waals surface area (Å²) in [6.07, 6.45) is 3.39. The minimum atomic E-state index is 0.160. The quantitative estimate of drug-likeness (QED) is 0.491. The van der Waals surface area contributed by atoms with Crippen molar-refractivity contribution in [1.82, 2.24) is 4.90 Å². The zero-order valence-corrected chi connectivity index (χ0v) is 9.86. The van der Waals surface area contributed by atoms with Gasteiger partial charge in [-0.25, -0.2) is 0 Å². The third-order valence-electron chi connectivity index (χ3n) is 2.95. The lowest BCUT2D eigenvalue weighted by Gasteiger charge is -2.32. The van der Waals surface area contributed by atoms with Crippen molar-refractivity contribution in [3.8, 4) is 0 Å². The van der Waals surface area contributed by atoms with Gasteiger partial charge in [0.2, 0.25) is 0 Å². The van der Waals surface area contributed by atoms with E-state index in [9.17, 15) is 0 Å². The van der Waals surface area contributed by atoms with Crippen molar-refractivity contribution in [2.75, 3.05) is 13.1 Å². The van der Waals surface area contributed by atoms with Crippen LogP contribution in [-0.2, 0) is 0 Å². The van der Waals surface area contributed by atoms with E-state index in [1.54, 1.807) is 0 Å². The van der Waals surface area contributed by atoms with Crippen molar-refractivity contribution in [3.63, 3.8) is 0 Å². The lowest BCUT2D eigenvalue weighted by atomic mass is 10.0. The average molecular weight is 202 g/mol. The van der Waals surface area contributed by atoms with Crippen molar-refractivity contribution in [2.45, 2.75) is 45.0 Å². The predicted octanol–water partition coefficient (Wildman–Crippen LogP) is 3.04. The molecule has 1 atom stereocenters. The number of rotatable bonds is 2. The molecule has 0 amide bonds. The average Bonchev–Trinajstić information content (AvgIpc) is 2.25. The highest BCUT2D eigenvalue weighted by Gasteiger charge is 2.39. The third kappa shape index (κ3) is 2.47. The fourth-order valence-electron chi connectivity index (χ4n) is 1.73. The van der Waals surface area contributed by atoms with Crippen LogP contribution in [0.25, 0.3) is 0 Å². The second-order valence-corrected chi connectivity index (χ2v) is 5.16. The van der Waals surface area contributed by atoms with Gasteiger partial charge in [0.05, 0.1) is 5.38 Å². The number of hydrogen-bond donors (Lipinski definition) is 0. The van der Waals surface area contributed by atoms with Gasteiger partial charge in [-0.3, -0.25) is 4.90 Å². The Balaban J connectivity index is 2.57. The molecule has 0 saturated carbocycles. The van der Waals surface area contributed by atoms with E-state index in [0.29, 0.717) is 5.38 Å². The second-order valence-electron chi connectivity index (χ2n) is 4.64. The van der Waals surface area contributed by atoms with E-state index in [2.05, 4.69) is 38.7 Å². The number of halogens is 1. The first kappa shape index (κ1) is 11.1. The van der Waals surface area contributed by atoms with E-state index in [4.69, 9.17) is 11.6 Å². The first-order chi connectivity index (χ1) is 5.94. The molecule has 0 aromatic rings. The van der Waals surface area contributed by atoms with Crippen LogP contribution in [0, 0.1) is 0 Å². The Labute approximate surface area is 86.8 Å². The summed E-state index contributed by atoms with van der Waals surface area (Å²) >= 11 is 6.25. The Morgan fingerprint density at radius 3 is 2.54 bits per heavy atom. The van der Waals surface area contributed by atoms with Gasteiger partial charge >= 0.3 is 0 Å². The molecule has 13 heavy (non-hydrogen) atoms. The van der Waals surface area contributed by atoms with Crippen LogP contribution in [0.15, 0.2) is 11.6 Å². The van der Waals surface area contributed by atoms with Gasteiger partial charge < -0.3 is 0 Å². The Morgan fingerprint density at radius 2 is 2.15 bits per heavy atom. The molecule has 1 aliphatic heterocycles. The van der Waals surface area contributed by atoms with Crippen molar-refractivity contribution in [1.29, 1.82) is 0 Å². The fourth-order valence-corrected chi connectivity index (χ4v) is 1.96. The largest absolute Gasteiger partial charge is 0.293 e. The lowest BCUT2D eigenvalue weighted by molar-refractivity contribution is 0.197. The lowest BCUT2D eigenvalue weighted by Crippen LogP contribution is -2.43. The van der Waals surface area contributed by atoms with Gasteiger partial charge in [-0.15, -0.1) is 11.6 Å². The van der Waals surface area contributed by atoms with E-state index < -0.39 is 0 Å². The van der Waals surface area contributed by atoms with Gasteiger partial charge in [-0.2, -0.15) is 0 Å². The van der Waals surface area contributed by atoms with Crippen LogP contribution < -0.4 is 0 Å². The Morgan fingerprint density at radius 1 is 1.54 bits per heavy atom. The van der Waals surface area contributed by atoms with E-state index in [1.807, 2.05) is 0 Å². The Bertz CT molecular complexity index is 204. The molecular formula is C11H20ClN. The number of nitrogens with zero attached hydrogens (tertiary/aromatic N) is 1. The third-order valence-corrected chi connectivity index (χ3v) is 3.71. The molecule has 1 rings (SSSR count). The number of hydrogen-bond acceptors (Lipinski definition) is 1. The van der Waals surface area contributed by atoms with Crippen molar-refractivity contribution < 1.29 is 0 Å². The topological polar surface area (TPSA) is 3.24 Å². The minimum absolute atomic E-state index is 0.160. The van der Waals surface area contributed by atoms with Crippen LogP contribution in [0.5, 0.6) is 0 Å². The summed E-state index contributed by atoms with van der Waals surface area (Å²) in [6, 6.07) is 0. The van der Waals surface area contributed by atoms with Gasteiger partial charge in [0.1, 0.15) is 0 Å². The van der Waals surface area contributed by atoms with E-state index in [0.717, 1.165) is 19.5 Å². The van der Waals surface area contributed by atoms with Crippen molar-refractivity contribution in [2.24, 2.45) is 0 Å². The number of alkyl halides is 1. The highest BCUT2D eigenvalue weighted by Crippen LogP contribution is 2.32. The molecule has 0 N–H and O–H groups in total. The maximum atomic E-state index is 6.25. The van der Waals surface area contributed by atoms with Gasteiger partial charge in [-0.1, -0.05) is 11.6 Å². The molecule has 1 heterocycles. The Hall–Kier alpha value is -0.0100. The summed E-state index contributed by atoms with van der Waals surface area (Å²) in [5.41, 5.74) is 1.54. The summed E-state index contributed by atoms with van der Waals surface area (Å²) in [6.45, 7) is 10.9. The van der Waals surface area contributed by atoms with Gasteiger partial charge in [0, 0.05) is 18.6 Å². The van der Waals surface area contributed by atoms with E-state index in [1.165, 1.54) is 5.57 Å². The molecule has 1 fully saturated rings. The molecule has 1 nitrogen and oxygen atoms in total. The van der Waals surface area contributed by atoms with E-state index in [-0.39, 0.29) is 5.54 Å². The Kier molecular flexibility index (Phi) is 3.42. The zero-order chi connectivity index (χ0) is 10.1. The molecule has 1 unspecified atom stereocenters. The van der Waals surface area contributed by atoms with Crippen LogP contribution in [0.2, 0.25) is 0 Å². The van der Waals surface area contributed by atoms with Gasteiger partial charge in [0.25, 0.3) is 0 Å². The second kappa shape index (κ2) is 4.02. The first-order valence-electron chi connectivity index (χ1n) is 4.97. The smallest absolute Gasteiger partial charge is 0.0526 e. The highest BCUT2D eigenvalue weighted by molar-refractivity contribution is 6.21. The summed E-state index contributed by atoms with van der Waals surface area (Å²) in [5.74, 6) is 0. The molecule has 1 saturated heterocycles. The summed E-state index contributed by atoms with van der Waals surface area (Å²) < 4.78 is 0. The molecule has 0 radical (unpaired) electrons. The summed E-state index contributed by atoms with van der Waals surface area (Å²) in [4.78, 5) is 2.46. The molecule has 0 aliphatic carbocycles. The monoisotopic (exact) mass is 201 g/mol. The molecule has 0 aromatic carbocycles. The molecule has 0 aromatic heterocycles. The highest BCUT2D eigenvalue weighted by atomic mass is 35.5. The van der Waals surface area contributed by atoms with E-state index >= 15 is 0 Å². The van der Waals surface area contributed by atoms with Crippen molar-refractivity contribution in [3.05, 3.63) is 11.6 Å². The van der Waals surface area contributed by atoms with Gasteiger partial charge in [-0.05, 0) is 34.1 Å². The number of likely N-dealkylation sites (tertiary alicyclic amines) is 1. The minimum Gasteiger partial charge on any atom is -0.293 e. The maximum absolute atomic E-state index is 6.25. The van der Waals surface area contributed by atoms with Crippen LogP contribution in [0.3, 0.4) is 0 Å². The summed E-state index contributed by atoms with van der Waals surface area (Å²) in [5, 5.41) is 0.304. The normalized spacial score (nSPS) is 27.6. The molecule has 1 aliphatic rings. The van der Waals surface area contributed by atoms with Crippen molar-refractivity contribution >= 4 is 11.6 Å². The van der Waals surface area contributed by atoms with Crippen LogP contribution in [-0.4, -0.2) is 28.9 Å². The van der Waals surface area contributed by atoms with Crippen LogP contribution in [0.1, 0.15) is 34.1 Å². The van der Waals surface area contributed by atoms with Crippen LogP contribution in [0.4, 0.5) is 0 Å². The zero-order valence-electron chi connectivity index (χ0n) is 9.10. The summed E-state index contributed by atoms with van der Waals surface area (Å²) in [7, 11) is 0. The standard InChI is InChI=1S/C11H20ClN/c1-9(2)5-7-13-8-6-10(12)11(13,3)4/h5,10H,6-8H2,1-4H3. The van der Waals surface area contributed by atoms with Crippen LogP contribution >= 0.6 is 11.6 Å².